The third-order valence-electron chi connectivity index (χ3n) is 1.02. The molecule has 0 atom stereocenters. The summed E-state index contributed by atoms with van der Waals surface area (Å²) in [7, 11) is 0. The number of nitrogens with zero attached hydrogens (tertiary/aromatic N) is 2. The highest BCUT2D eigenvalue weighted by Crippen LogP contribution is 2.36. The van der Waals surface area contributed by atoms with Crippen molar-refractivity contribution in [3.8, 4) is 0 Å². The van der Waals surface area contributed by atoms with Gasteiger partial charge in [-0.25, -0.2) is 4.98 Å². The molecule has 0 aliphatic heterocycles. The Balaban J connectivity index is 2.89. The van der Waals surface area contributed by atoms with Crippen molar-refractivity contribution in [2.45, 2.75) is 17.1 Å². The summed E-state index contributed by atoms with van der Waals surface area (Å²) in [5.41, 5.74) is 0. The first kappa shape index (κ1) is 9.52. The Labute approximate surface area is 83.7 Å². The van der Waals surface area contributed by atoms with Gasteiger partial charge in [0.25, 0.3) is 3.79 Å². The molecule has 11 heavy (non-hydrogen) atoms. The van der Waals surface area contributed by atoms with Gasteiger partial charge in [-0.2, -0.15) is 4.37 Å². The number of hydrogen-bond donors (Lipinski definition) is 0. The van der Waals surface area contributed by atoms with Gasteiger partial charge in [-0.3, -0.25) is 0 Å². The molecule has 2 nitrogen and oxygen atoms in total. The summed E-state index contributed by atoms with van der Waals surface area (Å²) in [5, 5.41) is 0.881. The molecule has 1 rings (SSSR count). The zero-order valence-electron chi connectivity index (χ0n) is 5.64. The van der Waals surface area contributed by atoms with E-state index < -0.39 is 3.79 Å². The fraction of sp³-hybridized carbons (Fsp3) is 0.600. The average molecular weight is 232 g/mol. The second kappa shape index (κ2) is 3.44. The predicted octanol–water partition coefficient (Wildman–Crippen LogP) is 2.93. The summed E-state index contributed by atoms with van der Waals surface area (Å²) in [6, 6.07) is 0. The molecule has 1 aromatic heterocycles. The van der Waals surface area contributed by atoms with E-state index in [-0.39, 0.29) is 5.82 Å². The van der Waals surface area contributed by atoms with Crippen LogP contribution in [0.4, 0.5) is 0 Å². The maximum absolute atomic E-state index is 5.54. The number of alkyl halides is 3. The Morgan fingerprint density at radius 2 is 2.09 bits per heavy atom. The summed E-state index contributed by atoms with van der Waals surface area (Å²) in [6.07, 6.45) is 0.818. The summed E-state index contributed by atoms with van der Waals surface area (Å²) in [6.45, 7) is 1.97. The highest BCUT2D eigenvalue weighted by atomic mass is 35.6. The first-order valence-electron chi connectivity index (χ1n) is 2.94. The number of hydrogen-bond acceptors (Lipinski definition) is 3. The topological polar surface area (TPSA) is 25.8 Å². The van der Waals surface area contributed by atoms with Crippen molar-refractivity contribution in [1.82, 2.24) is 9.36 Å². The van der Waals surface area contributed by atoms with Gasteiger partial charge in [-0.15, -0.1) is 0 Å². The van der Waals surface area contributed by atoms with Crippen LogP contribution in [0, 0.1) is 0 Å². The third-order valence-corrected chi connectivity index (χ3v) is 2.39. The van der Waals surface area contributed by atoms with Crippen molar-refractivity contribution in [3.63, 3.8) is 0 Å². The molecule has 0 saturated carbocycles. The van der Waals surface area contributed by atoms with E-state index in [1.807, 2.05) is 6.92 Å². The molecule has 1 heterocycles. The van der Waals surface area contributed by atoms with Crippen molar-refractivity contribution < 1.29 is 0 Å². The van der Waals surface area contributed by atoms with Crippen LogP contribution in [0.15, 0.2) is 0 Å². The molecule has 62 valence electrons. The number of halogens is 3. The van der Waals surface area contributed by atoms with Crippen LogP contribution in [-0.2, 0) is 10.2 Å². The van der Waals surface area contributed by atoms with Crippen LogP contribution in [0.25, 0.3) is 0 Å². The van der Waals surface area contributed by atoms with Crippen LogP contribution < -0.4 is 0 Å². The summed E-state index contributed by atoms with van der Waals surface area (Å²) < 4.78 is 2.41. The lowest BCUT2D eigenvalue weighted by Crippen LogP contribution is -2.02. The van der Waals surface area contributed by atoms with Gasteiger partial charge in [0.2, 0.25) is 0 Å². The first-order chi connectivity index (χ1) is 5.04. The van der Waals surface area contributed by atoms with Gasteiger partial charge >= 0.3 is 0 Å². The molecular formula is C5H5Cl3N2S. The maximum atomic E-state index is 5.54. The Morgan fingerprint density at radius 1 is 1.45 bits per heavy atom. The molecule has 0 radical (unpaired) electrons. The van der Waals surface area contributed by atoms with E-state index in [2.05, 4.69) is 9.36 Å². The minimum atomic E-state index is -1.48. The smallest absolute Gasteiger partial charge is 0.220 e. The summed E-state index contributed by atoms with van der Waals surface area (Å²) in [5.74, 6) is 0.268. The largest absolute Gasteiger partial charge is 0.251 e. The summed E-state index contributed by atoms with van der Waals surface area (Å²) in [4.78, 5) is 4.01. The van der Waals surface area contributed by atoms with Crippen LogP contribution in [0.1, 0.15) is 17.8 Å². The fourth-order valence-electron chi connectivity index (χ4n) is 0.514. The van der Waals surface area contributed by atoms with Crippen molar-refractivity contribution in [2.75, 3.05) is 0 Å². The Morgan fingerprint density at radius 3 is 2.36 bits per heavy atom. The van der Waals surface area contributed by atoms with Gasteiger partial charge < -0.3 is 0 Å². The Kier molecular flexibility index (Phi) is 2.97. The number of rotatable bonds is 1. The van der Waals surface area contributed by atoms with Crippen LogP contribution in [-0.4, -0.2) is 9.36 Å². The Bertz CT molecular complexity index is 242. The van der Waals surface area contributed by atoms with Crippen LogP contribution >= 0.6 is 46.3 Å². The van der Waals surface area contributed by atoms with Gasteiger partial charge in [-0.1, -0.05) is 41.7 Å². The lowest BCUT2D eigenvalue weighted by atomic mass is 10.5. The van der Waals surface area contributed by atoms with Crippen LogP contribution in [0.3, 0.4) is 0 Å². The molecule has 6 heteroatoms. The quantitative estimate of drug-likeness (QED) is 0.695. The summed E-state index contributed by atoms with van der Waals surface area (Å²) >= 11 is 17.9. The van der Waals surface area contributed by atoms with E-state index in [0.29, 0.717) is 0 Å². The Hall–Kier alpha value is 0.430. The van der Waals surface area contributed by atoms with E-state index in [1.54, 1.807) is 0 Å². The second-order valence-electron chi connectivity index (χ2n) is 1.86. The van der Waals surface area contributed by atoms with E-state index in [4.69, 9.17) is 34.8 Å². The molecular weight excluding hydrogens is 226 g/mol. The lowest BCUT2D eigenvalue weighted by molar-refractivity contribution is 0.990. The van der Waals surface area contributed by atoms with Crippen molar-refractivity contribution in [1.29, 1.82) is 0 Å². The maximum Gasteiger partial charge on any atom is 0.251 e. The molecule has 0 aromatic carbocycles. The number of aryl methyl sites for hydroxylation is 1. The molecule has 0 saturated heterocycles. The molecule has 1 aromatic rings. The molecule has 0 unspecified atom stereocenters. The van der Waals surface area contributed by atoms with Crippen molar-refractivity contribution >= 4 is 46.3 Å². The first-order valence-corrected chi connectivity index (χ1v) is 4.84. The molecule has 0 aliphatic carbocycles. The monoisotopic (exact) mass is 230 g/mol. The van der Waals surface area contributed by atoms with E-state index in [0.717, 1.165) is 11.4 Å². The van der Waals surface area contributed by atoms with Crippen LogP contribution in [0.2, 0.25) is 0 Å². The molecule has 0 N–H and O–H groups in total. The molecule has 0 bridgehead atoms. The van der Waals surface area contributed by atoms with E-state index >= 15 is 0 Å². The van der Waals surface area contributed by atoms with Crippen molar-refractivity contribution in [2.24, 2.45) is 0 Å². The van der Waals surface area contributed by atoms with Gasteiger partial charge in [0, 0.05) is 0 Å². The zero-order valence-corrected chi connectivity index (χ0v) is 8.73. The van der Waals surface area contributed by atoms with Gasteiger partial charge in [0.05, 0.1) is 0 Å². The van der Waals surface area contributed by atoms with Gasteiger partial charge in [0.15, 0.2) is 5.82 Å². The molecule has 0 fully saturated rings. The van der Waals surface area contributed by atoms with Gasteiger partial charge in [-0.05, 0) is 18.0 Å². The fourth-order valence-corrected chi connectivity index (χ4v) is 1.54. The molecule has 0 aliphatic rings. The van der Waals surface area contributed by atoms with Crippen molar-refractivity contribution in [3.05, 3.63) is 10.8 Å². The average Bonchev–Trinajstić information content (AvgIpc) is 2.32. The lowest BCUT2D eigenvalue weighted by Gasteiger charge is -2.02. The number of aromatic nitrogens is 2. The minimum Gasteiger partial charge on any atom is -0.220 e. The standard InChI is InChI=1S/C5H5Cl3N2S/c1-2-3-9-4(10-11-3)5(6,7)8/h2H2,1H3. The van der Waals surface area contributed by atoms with E-state index in [1.165, 1.54) is 11.5 Å². The van der Waals surface area contributed by atoms with E-state index in [9.17, 15) is 0 Å². The van der Waals surface area contributed by atoms with Gasteiger partial charge in [0.1, 0.15) is 5.01 Å². The zero-order chi connectivity index (χ0) is 8.48. The molecule has 0 amide bonds. The normalized spacial score (nSPS) is 12.0. The minimum absolute atomic E-state index is 0.268. The molecule has 0 spiro atoms. The SMILES string of the molecule is CCc1nc(C(Cl)(Cl)Cl)ns1. The highest BCUT2D eigenvalue weighted by Gasteiger charge is 2.27. The van der Waals surface area contributed by atoms with Crippen LogP contribution in [0.5, 0.6) is 0 Å². The second-order valence-corrected chi connectivity index (χ2v) is 4.98. The third kappa shape index (κ3) is 2.44. The predicted molar refractivity (Wildman–Crippen MR) is 48.5 cm³/mol. The highest BCUT2D eigenvalue weighted by molar-refractivity contribution is 7.05.